The number of carbonyl (C=O) groups is 1. The third-order valence-corrected chi connectivity index (χ3v) is 5.31. The molecule has 7 nitrogen and oxygen atoms in total. The summed E-state index contributed by atoms with van der Waals surface area (Å²) in [6.45, 7) is 2.44. The molecule has 1 saturated carbocycles. The third-order valence-electron chi connectivity index (χ3n) is 5.31. The van der Waals surface area contributed by atoms with Crippen LogP contribution in [0.25, 0.3) is 0 Å². The predicted molar refractivity (Wildman–Crippen MR) is 108 cm³/mol. The van der Waals surface area contributed by atoms with E-state index in [2.05, 4.69) is 15.5 Å². The second-order valence-corrected chi connectivity index (χ2v) is 7.34. The number of fused-ring (bicyclic) bond motifs is 1. The summed E-state index contributed by atoms with van der Waals surface area (Å²) in [6.07, 6.45) is 2.84. The number of hydrogen-bond donors (Lipinski definition) is 1. The number of hydrogen-bond acceptors (Lipinski definition) is 5. The smallest absolute Gasteiger partial charge is 0.327 e. The summed E-state index contributed by atoms with van der Waals surface area (Å²) in [7, 11) is 0. The minimum Gasteiger partial charge on any atom is -0.492 e. The number of nitrogens with one attached hydrogen (secondary N) is 1. The van der Waals surface area contributed by atoms with Crippen LogP contribution >= 0.6 is 0 Å². The van der Waals surface area contributed by atoms with Crippen molar-refractivity contribution in [3.8, 4) is 5.75 Å². The second kappa shape index (κ2) is 7.24. The van der Waals surface area contributed by atoms with Crippen LogP contribution in [0.3, 0.4) is 0 Å². The number of aromatic nitrogens is 2. The highest BCUT2D eigenvalue weighted by atomic mass is 16.5. The van der Waals surface area contributed by atoms with E-state index in [0.29, 0.717) is 36.3 Å². The molecule has 1 fully saturated rings. The monoisotopic (exact) mass is 390 g/mol. The molecular formula is C22H22N4O3. The van der Waals surface area contributed by atoms with Crippen LogP contribution in [-0.4, -0.2) is 22.8 Å². The van der Waals surface area contributed by atoms with Gasteiger partial charge in [0.25, 0.3) is 0 Å². The van der Waals surface area contributed by atoms with Crippen molar-refractivity contribution in [2.45, 2.75) is 38.1 Å². The molecule has 2 amide bonds. The highest BCUT2D eigenvalue weighted by Crippen LogP contribution is 2.43. The maximum atomic E-state index is 13.3. The molecule has 0 bridgehead atoms. The first-order valence-corrected chi connectivity index (χ1v) is 9.98. The average molecular weight is 390 g/mol. The molecule has 2 heterocycles. The quantitative estimate of drug-likeness (QED) is 0.684. The van der Waals surface area contributed by atoms with Crippen LogP contribution < -0.4 is 15.0 Å². The Morgan fingerprint density at radius 1 is 1.21 bits per heavy atom. The van der Waals surface area contributed by atoms with Gasteiger partial charge in [-0.2, -0.15) is 4.98 Å². The molecule has 1 aliphatic carbocycles. The topological polar surface area (TPSA) is 80.5 Å². The molecule has 2 aromatic carbocycles. The van der Waals surface area contributed by atoms with Crippen molar-refractivity contribution in [2.75, 3.05) is 16.8 Å². The van der Waals surface area contributed by atoms with Crippen molar-refractivity contribution >= 4 is 17.4 Å². The predicted octanol–water partition coefficient (Wildman–Crippen LogP) is 4.68. The maximum absolute atomic E-state index is 13.3. The second-order valence-electron chi connectivity index (χ2n) is 7.34. The first kappa shape index (κ1) is 17.7. The summed E-state index contributed by atoms with van der Waals surface area (Å²) in [6, 6.07) is 14.7. The fourth-order valence-electron chi connectivity index (χ4n) is 3.75. The van der Waals surface area contributed by atoms with Gasteiger partial charge < -0.3 is 14.6 Å². The van der Waals surface area contributed by atoms with E-state index in [1.807, 2.05) is 55.5 Å². The van der Waals surface area contributed by atoms with Crippen molar-refractivity contribution in [2.24, 2.45) is 0 Å². The molecule has 0 spiro atoms. The summed E-state index contributed by atoms with van der Waals surface area (Å²) in [5.74, 6) is 2.27. The Balaban J connectivity index is 1.46. The molecule has 148 valence electrons. The van der Waals surface area contributed by atoms with E-state index in [1.165, 1.54) is 0 Å². The Bertz CT molecular complexity index is 1040. The number of para-hydroxylation sites is 3. The number of amides is 2. The number of carbonyl (C=O) groups excluding carboxylic acids is 1. The van der Waals surface area contributed by atoms with Gasteiger partial charge in [0.2, 0.25) is 5.89 Å². The van der Waals surface area contributed by atoms with E-state index in [-0.39, 0.29) is 12.1 Å². The van der Waals surface area contributed by atoms with Crippen LogP contribution in [0.5, 0.6) is 5.75 Å². The highest BCUT2D eigenvalue weighted by Gasteiger charge is 2.39. The lowest BCUT2D eigenvalue weighted by atomic mass is 10.1. The number of nitrogens with zero attached hydrogens (tertiary/aromatic N) is 3. The van der Waals surface area contributed by atoms with Gasteiger partial charge in [-0.3, -0.25) is 4.90 Å². The lowest BCUT2D eigenvalue weighted by Gasteiger charge is -2.24. The van der Waals surface area contributed by atoms with E-state index in [9.17, 15) is 4.79 Å². The molecule has 1 N–H and O–H groups in total. The Hall–Kier alpha value is -3.35. The summed E-state index contributed by atoms with van der Waals surface area (Å²) < 4.78 is 11.2. The molecular weight excluding hydrogens is 368 g/mol. The summed E-state index contributed by atoms with van der Waals surface area (Å²) in [4.78, 5) is 19.7. The number of urea groups is 1. The van der Waals surface area contributed by atoms with Crippen LogP contribution in [0.2, 0.25) is 0 Å². The van der Waals surface area contributed by atoms with Gasteiger partial charge in [0.05, 0.1) is 12.3 Å². The largest absolute Gasteiger partial charge is 0.492 e. The normalized spacial score (nSPS) is 17.8. The van der Waals surface area contributed by atoms with Crippen molar-refractivity contribution in [3.63, 3.8) is 0 Å². The minimum atomic E-state index is -0.327. The summed E-state index contributed by atoms with van der Waals surface area (Å²) in [5.41, 5.74) is 2.57. The lowest BCUT2D eigenvalue weighted by molar-refractivity contribution is 0.252. The van der Waals surface area contributed by atoms with Gasteiger partial charge >= 0.3 is 6.03 Å². The van der Waals surface area contributed by atoms with Crippen molar-refractivity contribution in [1.82, 2.24) is 10.1 Å². The van der Waals surface area contributed by atoms with Crippen molar-refractivity contribution in [1.29, 1.82) is 0 Å². The van der Waals surface area contributed by atoms with E-state index in [0.717, 1.165) is 29.9 Å². The zero-order chi connectivity index (χ0) is 19.8. The average Bonchev–Trinajstić information content (AvgIpc) is 3.33. The molecule has 1 aromatic heterocycles. The standard InChI is InChI=1S/C22H22N4O3/c1-2-28-19-10-6-4-8-16(19)23-22(27)26-17-9-5-3-7-15(17)13-18(26)21-24-20(25-29-21)14-11-12-14/h3-10,14,18H,2,11-13H2,1H3,(H,23,27). The Morgan fingerprint density at radius 3 is 2.83 bits per heavy atom. The molecule has 2 aliphatic rings. The molecule has 3 aromatic rings. The van der Waals surface area contributed by atoms with Crippen LogP contribution in [0.15, 0.2) is 53.1 Å². The molecule has 29 heavy (non-hydrogen) atoms. The summed E-state index contributed by atoms with van der Waals surface area (Å²) in [5, 5.41) is 7.13. The van der Waals surface area contributed by atoms with Gasteiger partial charge in [0.1, 0.15) is 11.8 Å². The number of rotatable bonds is 5. The fourth-order valence-corrected chi connectivity index (χ4v) is 3.75. The molecule has 1 atom stereocenters. The molecule has 1 unspecified atom stereocenters. The van der Waals surface area contributed by atoms with Crippen LogP contribution in [0, 0.1) is 0 Å². The van der Waals surface area contributed by atoms with Crippen molar-refractivity contribution < 1.29 is 14.1 Å². The first-order chi connectivity index (χ1) is 14.2. The fraction of sp³-hybridized carbons (Fsp3) is 0.318. The SMILES string of the molecule is CCOc1ccccc1NC(=O)N1c2ccccc2CC1c1nc(C2CC2)no1. The number of ether oxygens (including phenoxy) is 1. The molecule has 0 radical (unpaired) electrons. The van der Waals surface area contributed by atoms with Gasteiger partial charge in [-0.1, -0.05) is 35.5 Å². The Morgan fingerprint density at radius 2 is 2.00 bits per heavy atom. The zero-order valence-electron chi connectivity index (χ0n) is 16.2. The Kier molecular flexibility index (Phi) is 4.42. The third kappa shape index (κ3) is 3.33. The van der Waals surface area contributed by atoms with Crippen LogP contribution in [0.4, 0.5) is 16.2 Å². The van der Waals surface area contributed by atoms with Gasteiger partial charge in [-0.15, -0.1) is 0 Å². The van der Waals surface area contributed by atoms with Gasteiger partial charge in [-0.25, -0.2) is 4.79 Å². The van der Waals surface area contributed by atoms with E-state index < -0.39 is 0 Å². The number of benzene rings is 2. The van der Waals surface area contributed by atoms with Gasteiger partial charge in [0.15, 0.2) is 5.82 Å². The molecule has 1 aliphatic heterocycles. The Labute approximate surface area is 168 Å². The first-order valence-electron chi connectivity index (χ1n) is 9.98. The van der Waals surface area contributed by atoms with Crippen LogP contribution in [0.1, 0.15) is 49.0 Å². The van der Waals surface area contributed by atoms with E-state index in [4.69, 9.17) is 9.26 Å². The molecule has 5 rings (SSSR count). The zero-order valence-corrected chi connectivity index (χ0v) is 16.2. The maximum Gasteiger partial charge on any atom is 0.327 e. The van der Waals surface area contributed by atoms with Gasteiger partial charge in [-0.05, 0) is 43.5 Å². The van der Waals surface area contributed by atoms with E-state index >= 15 is 0 Å². The number of anilines is 2. The van der Waals surface area contributed by atoms with E-state index in [1.54, 1.807) is 4.90 Å². The molecule has 0 saturated heterocycles. The lowest BCUT2D eigenvalue weighted by Crippen LogP contribution is -2.36. The van der Waals surface area contributed by atoms with Gasteiger partial charge in [0, 0.05) is 18.0 Å². The highest BCUT2D eigenvalue weighted by molar-refractivity contribution is 6.04. The minimum absolute atomic E-state index is 0.252. The summed E-state index contributed by atoms with van der Waals surface area (Å²) >= 11 is 0. The molecule has 7 heteroatoms. The van der Waals surface area contributed by atoms with Crippen LogP contribution in [-0.2, 0) is 6.42 Å². The van der Waals surface area contributed by atoms with Crippen molar-refractivity contribution in [3.05, 3.63) is 65.8 Å².